The van der Waals surface area contributed by atoms with E-state index in [1.807, 2.05) is 6.08 Å². The fourth-order valence-corrected chi connectivity index (χ4v) is 8.54. The van der Waals surface area contributed by atoms with Crippen molar-refractivity contribution in [3.05, 3.63) is 12.7 Å². The lowest BCUT2D eigenvalue weighted by molar-refractivity contribution is -0.238. The minimum absolute atomic E-state index is 0.00118. The fraction of sp³-hybridized carbons (Fsp3) is 0.917. The molecule has 3 unspecified atom stereocenters. The summed E-state index contributed by atoms with van der Waals surface area (Å²) in [6, 6.07) is 0. The Bertz CT molecular complexity index is 589. The normalized spacial score (nSPS) is 52.4. The third-order valence-corrected chi connectivity index (χ3v) is 9.93. The largest absolute Gasteiger partial charge is 0.393 e. The first-order valence-electron chi connectivity index (χ1n) is 11.3. The molecule has 4 rings (SSSR count). The van der Waals surface area contributed by atoms with Crippen molar-refractivity contribution in [1.29, 1.82) is 0 Å². The molecule has 0 aliphatic heterocycles. The minimum atomic E-state index is -2.57. The van der Waals surface area contributed by atoms with Gasteiger partial charge in [-0.05, 0) is 91.8 Å². The second-order valence-electron chi connectivity index (χ2n) is 11.1. The predicted molar refractivity (Wildman–Crippen MR) is 106 cm³/mol. The Labute approximate surface area is 164 Å². The average molecular weight is 381 g/mol. The number of aliphatic hydroxyl groups excluding tert-OH is 1. The third kappa shape index (κ3) is 2.85. The quantitative estimate of drug-likeness (QED) is 0.557. The maximum Gasteiger partial charge on any atom is 0.251 e. The highest BCUT2D eigenvalue weighted by Crippen LogP contribution is 2.71. The van der Waals surface area contributed by atoms with Crippen molar-refractivity contribution in [2.24, 2.45) is 46.3 Å². The zero-order chi connectivity index (χ0) is 19.6. The van der Waals surface area contributed by atoms with Crippen LogP contribution in [0.5, 0.6) is 0 Å². The monoisotopic (exact) mass is 380 g/mol. The van der Waals surface area contributed by atoms with Gasteiger partial charge in [0.25, 0.3) is 5.92 Å². The molecular formula is C24H38F2O. The molecule has 0 heterocycles. The van der Waals surface area contributed by atoms with Gasteiger partial charge in [0.2, 0.25) is 0 Å². The first-order chi connectivity index (χ1) is 12.6. The van der Waals surface area contributed by atoms with Gasteiger partial charge in [0, 0.05) is 12.3 Å². The topological polar surface area (TPSA) is 20.2 Å². The number of fused-ring (bicyclic) bond motifs is 5. The summed E-state index contributed by atoms with van der Waals surface area (Å²) >= 11 is 0. The molecule has 9 atom stereocenters. The summed E-state index contributed by atoms with van der Waals surface area (Å²) in [5.41, 5.74) is 0.0577. The highest BCUT2D eigenvalue weighted by atomic mass is 19.3. The van der Waals surface area contributed by atoms with Crippen molar-refractivity contribution >= 4 is 0 Å². The molecule has 0 radical (unpaired) electrons. The number of hydrogen-bond donors (Lipinski definition) is 1. The lowest BCUT2D eigenvalue weighted by Gasteiger charge is -2.63. The van der Waals surface area contributed by atoms with Gasteiger partial charge in [-0.2, -0.15) is 0 Å². The van der Waals surface area contributed by atoms with Crippen molar-refractivity contribution in [3.63, 3.8) is 0 Å². The van der Waals surface area contributed by atoms with Gasteiger partial charge in [-0.3, -0.25) is 0 Å². The summed E-state index contributed by atoms with van der Waals surface area (Å²) in [7, 11) is 0. The Balaban J connectivity index is 1.66. The zero-order valence-electron chi connectivity index (χ0n) is 17.4. The van der Waals surface area contributed by atoms with Crippen LogP contribution >= 0.6 is 0 Å². The van der Waals surface area contributed by atoms with Crippen LogP contribution in [0, 0.1) is 46.3 Å². The van der Waals surface area contributed by atoms with Crippen LogP contribution in [0.3, 0.4) is 0 Å². The van der Waals surface area contributed by atoms with E-state index in [0.717, 1.165) is 44.9 Å². The highest BCUT2D eigenvalue weighted by Gasteiger charge is 2.68. The number of aliphatic hydroxyl groups is 1. The van der Waals surface area contributed by atoms with Crippen molar-refractivity contribution in [2.45, 2.75) is 90.6 Å². The second kappa shape index (κ2) is 6.54. The lowest BCUT2D eigenvalue weighted by atomic mass is 9.43. The van der Waals surface area contributed by atoms with E-state index in [-0.39, 0.29) is 41.1 Å². The number of rotatable bonds is 3. The van der Waals surface area contributed by atoms with Crippen molar-refractivity contribution in [3.8, 4) is 0 Å². The number of allylic oxidation sites excluding steroid dienone is 1. The van der Waals surface area contributed by atoms with E-state index in [1.54, 1.807) is 0 Å². The first kappa shape index (κ1) is 19.9. The summed E-state index contributed by atoms with van der Waals surface area (Å²) in [5.74, 6) is -1.66. The summed E-state index contributed by atoms with van der Waals surface area (Å²) in [6.07, 6.45) is 9.06. The smallest absolute Gasteiger partial charge is 0.251 e. The van der Waals surface area contributed by atoms with Crippen LogP contribution in [-0.4, -0.2) is 17.1 Å². The molecule has 0 bridgehead atoms. The number of alkyl halides is 2. The van der Waals surface area contributed by atoms with Gasteiger partial charge in [0.05, 0.1) is 6.10 Å². The molecule has 1 N–H and O–H groups in total. The molecule has 27 heavy (non-hydrogen) atoms. The van der Waals surface area contributed by atoms with Crippen molar-refractivity contribution < 1.29 is 13.9 Å². The van der Waals surface area contributed by atoms with Crippen LogP contribution in [0.2, 0.25) is 0 Å². The third-order valence-electron chi connectivity index (χ3n) is 9.93. The van der Waals surface area contributed by atoms with E-state index >= 15 is 8.78 Å². The molecule has 3 heteroatoms. The molecule has 4 aliphatic rings. The number of halogens is 2. The summed E-state index contributed by atoms with van der Waals surface area (Å²) in [4.78, 5) is 0. The maximum atomic E-state index is 15.6. The Hall–Kier alpha value is -0.440. The van der Waals surface area contributed by atoms with Crippen molar-refractivity contribution in [2.75, 3.05) is 0 Å². The molecule has 4 aliphatic carbocycles. The molecule has 1 nitrogen and oxygen atoms in total. The summed E-state index contributed by atoms with van der Waals surface area (Å²) in [5, 5.41) is 10.1. The standard InChI is InChI=1S/C24H38F2O/c1-5-6-15(2)18-7-8-19-21-20(10-12-23(18,19)4)22(3)11-9-17(27)13-16(22)14-24(21,25)26/h5,15-21,27H,1,6-14H2,2-4H3/t15-,16+,17-,18-,19?,20?,21?,22+,23-/m1/s1. The fourth-order valence-electron chi connectivity index (χ4n) is 8.54. The Morgan fingerprint density at radius 3 is 2.44 bits per heavy atom. The molecule has 0 saturated heterocycles. The van der Waals surface area contributed by atoms with Crippen molar-refractivity contribution in [1.82, 2.24) is 0 Å². The van der Waals surface area contributed by atoms with Gasteiger partial charge in [-0.25, -0.2) is 8.78 Å². The number of hydrogen-bond acceptors (Lipinski definition) is 1. The molecule has 4 fully saturated rings. The molecule has 154 valence electrons. The van der Waals surface area contributed by atoms with E-state index in [0.29, 0.717) is 18.3 Å². The van der Waals surface area contributed by atoms with Gasteiger partial charge < -0.3 is 5.11 Å². The van der Waals surface area contributed by atoms with Crippen LogP contribution in [-0.2, 0) is 0 Å². The Morgan fingerprint density at radius 2 is 1.74 bits per heavy atom. The summed E-state index contributed by atoms with van der Waals surface area (Å²) in [6.45, 7) is 10.8. The van der Waals surface area contributed by atoms with E-state index in [1.165, 1.54) is 0 Å². The molecule has 0 aromatic rings. The molecular weight excluding hydrogens is 342 g/mol. The van der Waals surface area contributed by atoms with Crippen LogP contribution in [0.1, 0.15) is 78.6 Å². The predicted octanol–water partition coefficient (Wildman–Crippen LogP) is 6.46. The molecule has 0 amide bonds. The van der Waals surface area contributed by atoms with Gasteiger partial charge in [0.15, 0.2) is 0 Å². The first-order valence-corrected chi connectivity index (χ1v) is 11.3. The summed E-state index contributed by atoms with van der Waals surface area (Å²) < 4.78 is 31.2. The zero-order valence-corrected chi connectivity index (χ0v) is 17.4. The average Bonchev–Trinajstić information content (AvgIpc) is 2.93. The molecule has 0 aromatic heterocycles. The molecule has 0 spiro atoms. The SMILES string of the molecule is C=CC[C@@H](C)[C@H]1CCC2C3C(CC[C@@]21C)[C@@]1(C)CC[C@@H](O)C[C@H]1CC3(F)F. The Kier molecular flexibility index (Phi) is 4.81. The van der Waals surface area contributed by atoms with Gasteiger partial charge in [-0.1, -0.05) is 26.8 Å². The van der Waals surface area contributed by atoms with Crippen LogP contribution < -0.4 is 0 Å². The van der Waals surface area contributed by atoms with Crippen LogP contribution in [0.15, 0.2) is 12.7 Å². The van der Waals surface area contributed by atoms with Crippen LogP contribution in [0.25, 0.3) is 0 Å². The van der Waals surface area contributed by atoms with E-state index < -0.39 is 11.8 Å². The van der Waals surface area contributed by atoms with Gasteiger partial charge >= 0.3 is 0 Å². The second-order valence-corrected chi connectivity index (χ2v) is 11.1. The Morgan fingerprint density at radius 1 is 1.07 bits per heavy atom. The van der Waals surface area contributed by atoms with E-state index in [4.69, 9.17) is 0 Å². The highest BCUT2D eigenvalue weighted by molar-refractivity contribution is 5.13. The minimum Gasteiger partial charge on any atom is -0.393 e. The van der Waals surface area contributed by atoms with E-state index in [9.17, 15) is 5.11 Å². The van der Waals surface area contributed by atoms with Gasteiger partial charge in [-0.15, -0.1) is 6.58 Å². The lowest BCUT2D eigenvalue weighted by Crippen LogP contribution is -2.61. The maximum absolute atomic E-state index is 15.6. The molecule has 0 aromatic carbocycles. The molecule has 4 saturated carbocycles. The van der Waals surface area contributed by atoms with Gasteiger partial charge in [0.1, 0.15) is 0 Å². The van der Waals surface area contributed by atoms with Crippen LogP contribution in [0.4, 0.5) is 8.78 Å². The van der Waals surface area contributed by atoms with E-state index in [2.05, 4.69) is 27.4 Å².